The number of carbonyl (C=O) groups is 2. The van der Waals surface area contributed by atoms with Crippen LogP contribution in [0, 0.1) is 0 Å². The Labute approximate surface area is 191 Å². The average Bonchev–Trinajstić information content (AvgIpc) is 3.35. The SMILES string of the molecule is CC.O=C(Nc1csc(-c2ccc(Cl)cc2Cl)c1C(=O)O)c1ccc2sccc2c1. The summed E-state index contributed by atoms with van der Waals surface area (Å²) in [4.78, 5) is 25.0. The molecule has 0 saturated carbocycles. The van der Waals surface area contributed by atoms with Gasteiger partial charge in [0.1, 0.15) is 5.56 Å². The number of anilines is 1. The normalized spacial score (nSPS) is 10.4. The smallest absolute Gasteiger partial charge is 0.339 e. The molecule has 2 heterocycles. The van der Waals surface area contributed by atoms with Gasteiger partial charge in [-0.3, -0.25) is 4.79 Å². The van der Waals surface area contributed by atoms with E-state index in [1.165, 1.54) is 11.3 Å². The molecule has 0 aliphatic rings. The van der Waals surface area contributed by atoms with Crippen LogP contribution in [-0.2, 0) is 0 Å². The Morgan fingerprint density at radius 1 is 1.00 bits per heavy atom. The lowest BCUT2D eigenvalue weighted by Gasteiger charge is -2.08. The number of halogens is 2. The molecule has 0 atom stereocenters. The third-order valence-electron chi connectivity index (χ3n) is 4.14. The Balaban J connectivity index is 0.00000124. The van der Waals surface area contributed by atoms with Crippen molar-refractivity contribution < 1.29 is 14.7 Å². The number of carboxylic acids is 1. The molecule has 2 aromatic heterocycles. The number of rotatable bonds is 4. The van der Waals surface area contributed by atoms with E-state index in [1.54, 1.807) is 47.0 Å². The van der Waals surface area contributed by atoms with Crippen molar-refractivity contribution in [1.82, 2.24) is 0 Å². The zero-order chi connectivity index (χ0) is 21.8. The molecule has 30 heavy (non-hydrogen) atoms. The predicted molar refractivity (Wildman–Crippen MR) is 128 cm³/mol. The average molecular weight is 478 g/mol. The van der Waals surface area contributed by atoms with Gasteiger partial charge < -0.3 is 10.4 Å². The molecular weight excluding hydrogens is 461 g/mol. The van der Waals surface area contributed by atoms with Crippen LogP contribution < -0.4 is 5.32 Å². The van der Waals surface area contributed by atoms with Crippen LogP contribution >= 0.6 is 45.9 Å². The van der Waals surface area contributed by atoms with Gasteiger partial charge in [0.15, 0.2) is 0 Å². The highest BCUT2D eigenvalue weighted by Gasteiger charge is 2.23. The molecule has 4 rings (SSSR count). The van der Waals surface area contributed by atoms with Gasteiger partial charge in [-0.15, -0.1) is 22.7 Å². The second-order valence-electron chi connectivity index (χ2n) is 5.91. The third kappa shape index (κ3) is 4.52. The summed E-state index contributed by atoms with van der Waals surface area (Å²) in [5.41, 5.74) is 1.24. The first kappa shape index (κ1) is 22.3. The summed E-state index contributed by atoms with van der Waals surface area (Å²) in [6.45, 7) is 4.00. The molecule has 4 aromatic rings. The minimum Gasteiger partial charge on any atom is -0.478 e. The van der Waals surface area contributed by atoms with E-state index in [-0.39, 0.29) is 17.2 Å². The molecule has 0 saturated heterocycles. The van der Waals surface area contributed by atoms with Gasteiger partial charge >= 0.3 is 5.97 Å². The summed E-state index contributed by atoms with van der Waals surface area (Å²) in [5.74, 6) is -1.52. The van der Waals surface area contributed by atoms with E-state index in [0.29, 0.717) is 26.0 Å². The standard InChI is InChI=1S/C20H11Cl2NO3S2.C2H6/c21-12-2-3-13(14(22)8-12)18-17(20(25)26)15(9-28-18)23-19(24)11-1-4-16-10(7-11)5-6-27-16;1-2/h1-9H,(H,23,24)(H,25,26);1-2H3. The molecule has 0 radical (unpaired) electrons. The fraction of sp³-hybridized carbons (Fsp3) is 0.0909. The lowest BCUT2D eigenvalue weighted by atomic mass is 10.1. The molecule has 2 N–H and O–H groups in total. The van der Waals surface area contributed by atoms with Crippen molar-refractivity contribution in [1.29, 1.82) is 0 Å². The number of benzene rings is 2. The van der Waals surface area contributed by atoms with Crippen LogP contribution in [-0.4, -0.2) is 17.0 Å². The van der Waals surface area contributed by atoms with E-state index >= 15 is 0 Å². The van der Waals surface area contributed by atoms with Gasteiger partial charge in [-0.1, -0.05) is 43.1 Å². The Kier molecular flexibility index (Phi) is 7.15. The van der Waals surface area contributed by atoms with E-state index in [4.69, 9.17) is 23.2 Å². The molecule has 0 aliphatic carbocycles. The van der Waals surface area contributed by atoms with Crippen LogP contribution in [0.3, 0.4) is 0 Å². The van der Waals surface area contributed by atoms with Crippen molar-refractivity contribution >= 4 is 73.5 Å². The van der Waals surface area contributed by atoms with E-state index in [2.05, 4.69) is 5.32 Å². The summed E-state index contributed by atoms with van der Waals surface area (Å²) < 4.78 is 1.08. The summed E-state index contributed by atoms with van der Waals surface area (Å²) in [7, 11) is 0. The number of amides is 1. The van der Waals surface area contributed by atoms with Crippen molar-refractivity contribution in [3.63, 3.8) is 0 Å². The van der Waals surface area contributed by atoms with E-state index in [1.807, 2.05) is 31.4 Å². The zero-order valence-electron chi connectivity index (χ0n) is 16.0. The second kappa shape index (κ2) is 9.62. The number of thiophene rings is 2. The van der Waals surface area contributed by atoms with Crippen LogP contribution in [0.4, 0.5) is 5.69 Å². The first-order valence-electron chi connectivity index (χ1n) is 9.03. The molecule has 0 unspecified atom stereocenters. The number of carboxylic acid groups (broad SMARTS) is 1. The number of hydrogen-bond acceptors (Lipinski definition) is 4. The van der Waals surface area contributed by atoms with Crippen molar-refractivity contribution in [2.45, 2.75) is 13.8 Å². The van der Waals surface area contributed by atoms with Crippen molar-refractivity contribution in [3.8, 4) is 10.4 Å². The van der Waals surface area contributed by atoms with E-state index in [0.717, 1.165) is 10.1 Å². The third-order valence-corrected chi connectivity index (χ3v) is 6.60. The maximum atomic E-state index is 12.7. The lowest BCUT2D eigenvalue weighted by molar-refractivity contribution is 0.0699. The number of fused-ring (bicyclic) bond motifs is 1. The monoisotopic (exact) mass is 477 g/mol. The first-order valence-corrected chi connectivity index (χ1v) is 11.5. The van der Waals surface area contributed by atoms with Gasteiger partial charge in [-0.25, -0.2) is 4.79 Å². The molecule has 2 aromatic carbocycles. The Morgan fingerprint density at radius 2 is 1.77 bits per heavy atom. The fourth-order valence-corrected chi connectivity index (χ4v) is 5.20. The minimum absolute atomic E-state index is 0.000756. The molecule has 0 fully saturated rings. The largest absolute Gasteiger partial charge is 0.478 e. The Morgan fingerprint density at radius 3 is 2.47 bits per heavy atom. The first-order chi connectivity index (χ1) is 14.4. The highest BCUT2D eigenvalue weighted by Crippen LogP contribution is 2.40. The predicted octanol–water partition coefficient (Wildman–Crippen LogP) is 7.91. The second-order valence-corrected chi connectivity index (χ2v) is 8.58. The van der Waals surface area contributed by atoms with Crippen LogP contribution in [0.2, 0.25) is 10.0 Å². The van der Waals surface area contributed by atoms with Gasteiger partial charge in [-0.05, 0) is 47.2 Å². The highest BCUT2D eigenvalue weighted by atomic mass is 35.5. The van der Waals surface area contributed by atoms with Crippen LogP contribution in [0.25, 0.3) is 20.5 Å². The maximum Gasteiger partial charge on any atom is 0.339 e. The van der Waals surface area contributed by atoms with Gasteiger partial charge in [-0.2, -0.15) is 0 Å². The van der Waals surface area contributed by atoms with Gasteiger partial charge in [0, 0.05) is 26.2 Å². The number of aromatic carboxylic acids is 1. The Hall–Kier alpha value is -2.38. The molecule has 0 bridgehead atoms. The zero-order valence-corrected chi connectivity index (χ0v) is 19.2. The van der Waals surface area contributed by atoms with Gasteiger partial charge in [0.2, 0.25) is 0 Å². The van der Waals surface area contributed by atoms with Crippen LogP contribution in [0.1, 0.15) is 34.6 Å². The van der Waals surface area contributed by atoms with Crippen LogP contribution in [0.15, 0.2) is 53.2 Å². The molecule has 1 amide bonds. The summed E-state index contributed by atoms with van der Waals surface area (Å²) in [5, 5.41) is 17.8. The minimum atomic E-state index is -1.15. The number of carbonyl (C=O) groups excluding carboxylic acids is 1. The molecule has 0 aliphatic heterocycles. The molecule has 0 spiro atoms. The van der Waals surface area contributed by atoms with E-state index in [9.17, 15) is 14.7 Å². The maximum absolute atomic E-state index is 12.7. The van der Waals surface area contributed by atoms with Gasteiger partial charge in [0.05, 0.1) is 15.6 Å². The Bertz CT molecular complexity index is 1230. The molecule has 8 heteroatoms. The summed E-state index contributed by atoms with van der Waals surface area (Å²) in [6.07, 6.45) is 0. The van der Waals surface area contributed by atoms with Crippen molar-refractivity contribution in [2.75, 3.05) is 5.32 Å². The summed E-state index contributed by atoms with van der Waals surface area (Å²) in [6, 6.07) is 12.2. The number of nitrogens with one attached hydrogen (secondary N) is 1. The van der Waals surface area contributed by atoms with E-state index < -0.39 is 5.97 Å². The summed E-state index contributed by atoms with van der Waals surface area (Å²) >= 11 is 15.0. The number of hydrogen-bond donors (Lipinski definition) is 2. The van der Waals surface area contributed by atoms with Crippen molar-refractivity contribution in [3.05, 3.63) is 74.4 Å². The lowest BCUT2D eigenvalue weighted by Crippen LogP contribution is -2.13. The topological polar surface area (TPSA) is 66.4 Å². The molecular formula is C22H17Cl2NO3S2. The quantitative estimate of drug-likeness (QED) is 0.313. The van der Waals surface area contributed by atoms with Gasteiger partial charge in [0.25, 0.3) is 5.91 Å². The molecule has 154 valence electrons. The molecule has 4 nitrogen and oxygen atoms in total. The fourth-order valence-electron chi connectivity index (χ4n) is 2.84. The van der Waals surface area contributed by atoms with Crippen molar-refractivity contribution in [2.24, 2.45) is 0 Å². The highest BCUT2D eigenvalue weighted by molar-refractivity contribution is 7.17. The van der Waals surface area contributed by atoms with Crippen LogP contribution in [0.5, 0.6) is 0 Å².